The van der Waals surface area contributed by atoms with Gasteiger partial charge in [0.15, 0.2) is 0 Å². The molecule has 3 amide bonds. The van der Waals surface area contributed by atoms with Gasteiger partial charge in [-0.25, -0.2) is 0 Å². The van der Waals surface area contributed by atoms with Crippen LogP contribution in [-0.2, 0) is 14.4 Å². The quantitative estimate of drug-likeness (QED) is 0.321. The van der Waals surface area contributed by atoms with Crippen LogP contribution in [0.2, 0.25) is 0 Å². The summed E-state index contributed by atoms with van der Waals surface area (Å²) in [5.74, 6) is -1.16. The predicted molar refractivity (Wildman–Crippen MR) is 166 cm³/mol. The van der Waals surface area contributed by atoms with Gasteiger partial charge in [0.2, 0.25) is 17.7 Å². The second-order valence-electron chi connectivity index (χ2n) is 12.4. The monoisotopic (exact) mass is 595 g/mol. The molecular weight excluding hydrogens is 550 g/mol. The highest BCUT2D eigenvalue weighted by Gasteiger charge is 2.74. The Bertz CT molecular complexity index is 1250. The molecule has 0 saturated carbocycles. The number of benzene rings is 1. The van der Waals surface area contributed by atoms with Gasteiger partial charge in [0.25, 0.3) is 0 Å². The third-order valence-electron chi connectivity index (χ3n) is 9.38. The highest BCUT2D eigenvalue weighted by Crippen LogP contribution is 2.66. The number of amides is 3. The fourth-order valence-electron chi connectivity index (χ4n) is 7.36. The van der Waals surface area contributed by atoms with Crippen LogP contribution >= 0.6 is 11.8 Å². The van der Waals surface area contributed by atoms with Crippen molar-refractivity contribution in [1.29, 1.82) is 0 Å². The molecule has 0 bridgehead atoms. The van der Waals surface area contributed by atoms with Crippen LogP contribution < -0.4 is 9.64 Å². The van der Waals surface area contributed by atoms with E-state index in [1.807, 2.05) is 69.0 Å². The van der Waals surface area contributed by atoms with Gasteiger partial charge in [0.1, 0.15) is 11.8 Å². The third kappa shape index (κ3) is 4.96. The van der Waals surface area contributed by atoms with Crippen molar-refractivity contribution in [2.24, 2.45) is 17.8 Å². The molecule has 1 aromatic rings. The Kier molecular flexibility index (Phi) is 8.82. The lowest BCUT2D eigenvalue weighted by Crippen LogP contribution is -2.58. The number of carbonyl (C=O) groups is 3. The van der Waals surface area contributed by atoms with E-state index in [0.29, 0.717) is 26.2 Å². The molecule has 2 fully saturated rings. The number of aliphatic hydroxyl groups excluding tert-OH is 1. The molecule has 228 valence electrons. The summed E-state index contributed by atoms with van der Waals surface area (Å²) in [5, 5.41) is 10.5. The van der Waals surface area contributed by atoms with Gasteiger partial charge in [-0.15, -0.1) is 11.8 Å². The fourth-order valence-corrected chi connectivity index (χ4v) is 9.50. The van der Waals surface area contributed by atoms with Crippen LogP contribution in [0.25, 0.3) is 0 Å². The Morgan fingerprint density at radius 2 is 1.69 bits per heavy atom. The topological polar surface area (TPSA) is 90.4 Å². The summed E-state index contributed by atoms with van der Waals surface area (Å²) < 4.78 is 4.00. The molecule has 2 saturated heterocycles. The number of nitrogens with zero attached hydrogens (tertiary/aromatic N) is 3. The smallest absolute Gasteiger partial charge is 0.247 e. The van der Waals surface area contributed by atoms with Crippen molar-refractivity contribution < 1.29 is 24.2 Å². The minimum absolute atomic E-state index is 0.0649. The van der Waals surface area contributed by atoms with Crippen molar-refractivity contribution in [1.82, 2.24) is 9.80 Å². The SMILES string of the molecule is CCCCCN1CC=C[C@]23S[C@@]4(C)C=CCN(c5ccc(OCC)cc5)C(=O)[C@H]4[C@H]2C(=O)N([C@@H](CO)C(C)C)C3C1=O. The zero-order chi connectivity index (χ0) is 30.2. The van der Waals surface area contributed by atoms with Crippen molar-refractivity contribution in [2.75, 3.05) is 37.7 Å². The lowest BCUT2D eigenvalue weighted by Gasteiger charge is -2.41. The first-order chi connectivity index (χ1) is 20.1. The Labute approximate surface area is 254 Å². The molecule has 1 unspecified atom stereocenters. The minimum Gasteiger partial charge on any atom is -0.494 e. The Balaban J connectivity index is 1.59. The molecule has 8 nitrogen and oxygen atoms in total. The number of fused-ring (bicyclic) bond motifs is 2. The highest BCUT2D eigenvalue weighted by atomic mass is 32.2. The van der Waals surface area contributed by atoms with E-state index in [2.05, 4.69) is 19.1 Å². The second-order valence-corrected chi connectivity index (χ2v) is 14.2. The molecule has 0 radical (unpaired) electrons. The molecule has 0 aromatic heterocycles. The number of anilines is 1. The zero-order valence-electron chi connectivity index (χ0n) is 25.5. The van der Waals surface area contributed by atoms with Gasteiger partial charge in [-0.1, -0.05) is 57.9 Å². The molecule has 4 aliphatic heterocycles. The van der Waals surface area contributed by atoms with E-state index in [9.17, 15) is 19.5 Å². The lowest BCUT2D eigenvalue weighted by atomic mass is 9.74. The summed E-state index contributed by atoms with van der Waals surface area (Å²) >= 11 is 1.58. The van der Waals surface area contributed by atoms with Gasteiger partial charge >= 0.3 is 0 Å². The Morgan fingerprint density at radius 3 is 2.33 bits per heavy atom. The maximum absolute atomic E-state index is 14.7. The predicted octanol–water partition coefficient (Wildman–Crippen LogP) is 4.28. The summed E-state index contributed by atoms with van der Waals surface area (Å²) in [4.78, 5) is 49.0. The van der Waals surface area contributed by atoms with Crippen LogP contribution in [0.4, 0.5) is 5.69 Å². The first kappa shape index (κ1) is 30.7. The summed E-state index contributed by atoms with van der Waals surface area (Å²) in [7, 11) is 0. The standard InChI is InChI=1S/C33H45N3O5S/c1-6-8-9-18-34-19-11-17-33-27(30(39)36(28(33)31(34)40)25(21-37)22(3)4)26-29(38)35(20-10-16-32(26,5)42-33)23-12-14-24(15-13-23)41-7-2/h10-17,22,25-28,37H,6-9,18-21H2,1-5H3/t25-,26+,27-,28?,32-,33-/m0/s1. The van der Waals surface area contributed by atoms with Gasteiger partial charge in [0, 0.05) is 30.1 Å². The minimum atomic E-state index is -0.919. The molecule has 1 spiro atoms. The maximum atomic E-state index is 14.7. The molecule has 9 heteroatoms. The summed E-state index contributed by atoms with van der Waals surface area (Å²) in [6.07, 6.45) is 11.1. The molecule has 42 heavy (non-hydrogen) atoms. The van der Waals surface area contributed by atoms with E-state index in [4.69, 9.17) is 4.74 Å². The molecule has 5 rings (SSSR count). The van der Waals surface area contributed by atoms with Crippen LogP contribution in [-0.4, -0.2) is 87.1 Å². The number of hydrogen-bond acceptors (Lipinski definition) is 6. The van der Waals surface area contributed by atoms with Gasteiger partial charge in [-0.05, 0) is 50.5 Å². The van der Waals surface area contributed by atoms with Crippen molar-refractivity contribution in [3.05, 3.63) is 48.6 Å². The van der Waals surface area contributed by atoms with Crippen LogP contribution in [0.5, 0.6) is 5.75 Å². The van der Waals surface area contributed by atoms with Gasteiger partial charge < -0.3 is 24.5 Å². The number of ether oxygens (including phenoxy) is 1. The number of aliphatic hydroxyl groups is 1. The molecule has 4 aliphatic rings. The number of likely N-dealkylation sites (tertiary alicyclic amines) is 1. The molecule has 1 aromatic carbocycles. The number of thioether (sulfide) groups is 1. The van der Waals surface area contributed by atoms with Crippen molar-refractivity contribution in [3.8, 4) is 5.75 Å². The van der Waals surface area contributed by atoms with Crippen molar-refractivity contribution >= 4 is 35.2 Å². The normalized spacial score (nSPS) is 31.3. The highest BCUT2D eigenvalue weighted by molar-refractivity contribution is 8.02. The zero-order valence-corrected chi connectivity index (χ0v) is 26.3. The summed E-state index contributed by atoms with van der Waals surface area (Å²) in [6.45, 7) is 11.8. The molecule has 6 atom stereocenters. The van der Waals surface area contributed by atoms with Crippen molar-refractivity contribution in [2.45, 2.75) is 75.5 Å². The molecular formula is C33H45N3O5S. The Morgan fingerprint density at radius 1 is 0.976 bits per heavy atom. The van der Waals surface area contributed by atoms with E-state index in [1.165, 1.54) is 0 Å². The van der Waals surface area contributed by atoms with E-state index in [-0.39, 0.29) is 30.2 Å². The average Bonchev–Trinajstić information content (AvgIpc) is 3.23. The van der Waals surface area contributed by atoms with Gasteiger partial charge in [0.05, 0.1) is 35.8 Å². The average molecular weight is 596 g/mol. The number of carbonyl (C=O) groups excluding carboxylic acids is 3. The van der Waals surface area contributed by atoms with Crippen LogP contribution in [0.15, 0.2) is 48.6 Å². The van der Waals surface area contributed by atoms with E-state index < -0.39 is 33.4 Å². The van der Waals surface area contributed by atoms with Crippen LogP contribution in [0.3, 0.4) is 0 Å². The first-order valence-electron chi connectivity index (χ1n) is 15.4. The largest absolute Gasteiger partial charge is 0.494 e. The third-order valence-corrected chi connectivity index (χ3v) is 11.2. The maximum Gasteiger partial charge on any atom is 0.247 e. The number of unbranched alkanes of at least 4 members (excludes halogenated alkanes) is 2. The fraction of sp³-hybridized carbons (Fsp3) is 0.606. The van der Waals surface area contributed by atoms with Gasteiger partial charge in [-0.2, -0.15) is 0 Å². The van der Waals surface area contributed by atoms with E-state index in [1.54, 1.807) is 21.6 Å². The van der Waals surface area contributed by atoms with Crippen molar-refractivity contribution in [3.63, 3.8) is 0 Å². The lowest BCUT2D eigenvalue weighted by molar-refractivity contribution is -0.146. The Hall–Kier alpha value is -2.78. The first-order valence-corrected chi connectivity index (χ1v) is 16.3. The van der Waals surface area contributed by atoms with Gasteiger partial charge in [-0.3, -0.25) is 14.4 Å². The van der Waals surface area contributed by atoms with Crippen LogP contribution in [0, 0.1) is 17.8 Å². The molecule has 1 N–H and O–H groups in total. The summed E-state index contributed by atoms with van der Waals surface area (Å²) in [6, 6.07) is 6.17. The molecule has 0 aliphatic carbocycles. The molecule has 4 heterocycles. The number of hydrogen-bond donors (Lipinski definition) is 1. The van der Waals surface area contributed by atoms with E-state index >= 15 is 0 Å². The second kappa shape index (κ2) is 12.1. The van der Waals surface area contributed by atoms with E-state index in [0.717, 1.165) is 30.7 Å². The summed E-state index contributed by atoms with van der Waals surface area (Å²) in [5.41, 5.74) is 0.743. The number of rotatable bonds is 10. The van der Waals surface area contributed by atoms with Crippen LogP contribution in [0.1, 0.15) is 53.9 Å².